The van der Waals surface area contributed by atoms with Gasteiger partial charge in [-0.3, -0.25) is 0 Å². The number of hydrogen-bond acceptors (Lipinski definition) is 2. The number of hydrogen-bond donors (Lipinski definition) is 0. The number of aromatic nitrogens is 1. The zero-order chi connectivity index (χ0) is 25.5. The molecule has 0 N–H and O–H groups in total. The summed E-state index contributed by atoms with van der Waals surface area (Å²) in [6.45, 7) is 0. The summed E-state index contributed by atoms with van der Waals surface area (Å²) in [4.78, 5) is 4.14. The van der Waals surface area contributed by atoms with E-state index < -0.39 is 0 Å². The average Bonchev–Trinajstić information content (AvgIpc) is 2.99. The van der Waals surface area contributed by atoms with Gasteiger partial charge >= 0.3 is 0 Å². The Morgan fingerprint density at radius 3 is 1.74 bits per heavy atom. The molecule has 0 aliphatic carbocycles. The molecule has 0 bridgehead atoms. The Morgan fingerprint density at radius 1 is 0.474 bits per heavy atom. The largest absolute Gasteiger partial charge is 0.246 e. The van der Waals surface area contributed by atoms with Crippen molar-refractivity contribution in [3.63, 3.8) is 0 Å². The van der Waals surface area contributed by atoms with Crippen LogP contribution in [0.2, 0.25) is 0 Å². The van der Waals surface area contributed by atoms with Gasteiger partial charge in [0.25, 0.3) is 0 Å². The van der Waals surface area contributed by atoms with Gasteiger partial charge in [0.1, 0.15) is 11.8 Å². The lowest BCUT2D eigenvalue weighted by Gasteiger charge is -2.19. The fourth-order valence-electron chi connectivity index (χ4n) is 5.70. The van der Waals surface area contributed by atoms with Crippen LogP contribution in [-0.4, -0.2) is 4.98 Å². The molecular formula is C36H22N2. The molecule has 0 fully saturated rings. The van der Waals surface area contributed by atoms with E-state index in [2.05, 4.69) is 126 Å². The van der Waals surface area contributed by atoms with E-state index in [-0.39, 0.29) is 0 Å². The summed E-state index contributed by atoms with van der Waals surface area (Å²) in [6.07, 6.45) is 1.70. The van der Waals surface area contributed by atoms with Crippen LogP contribution < -0.4 is 0 Å². The van der Waals surface area contributed by atoms with E-state index in [1.807, 2.05) is 12.1 Å². The minimum absolute atomic E-state index is 0.420. The molecule has 1 heterocycles. The maximum Gasteiger partial charge on any atom is 0.141 e. The van der Waals surface area contributed by atoms with Crippen LogP contribution in [0.4, 0.5) is 0 Å². The first-order valence-corrected chi connectivity index (χ1v) is 12.7. The summed E-state index contributed by atoms with van der Waals surface area (Å²) in [5.74, 6) is 0. The minimum atomic E-state index is 0.420. The lowest BCUT2D eigenvalue weighted by atomic mass is 9.84. The van der Waals surface area contributed by atoms with Crippen molar-refractivity contribution in [2.75, 3.05) is 0 Å². The highest BCUT2D eigenvalue weighted by Crippen LogP contribution is 2.45. The predicted octanol–water partition coefficient (Wildman–Crippen LogP) is 9.41. The molecule has 0 atom stereocenters. The Hall–Kier alpha value is -5.26. The first-order chi connectivity index (χ1) is 18.8. The fraction of sp³-hybridized carbons (Fsp3) is 0. The highest BCUT2D eigenvalue weighted by atomic mass is 14.7. The minimum Gasteiger partial charge on any atom is -0.246 e. The van der Waals surface area contributed by atoms with E-state index in [0.717, 1.165) is 16.7 Å². The molecular weight excluding hydrogens is 460 g/mol. The molecule has 0 saturated heterocycles. The Kier molecular flexibility index (Phi) is 5.20. The van der Waals surface area contributed by atoms with Crippen molar-refractivity contribution >= 4 is 32.3 Å². The fourth-order valence-corrected chi connectivity index (χ4v) is 5.70. The number of nitrogens with zero attached hydrogens (tertiary/aromatic N) is 2. The average molecular weight is 483 g/mol. The third-order valence-corrected chi connectivity index (χ3v) is 7.35. The molecule has 2 nitrogen and oxygen atoms in total. The second-order valence-corrected chi connectivity index (χ2v) is 9.49. The van der Waals surface area contributed by atoms with E-state index in [1.165, 1.54) is 49.0 Å². The molecule has 0 spiro atoms. The molecule has 0 aliphatic rings. The molecule has 0 aliphatic heterocycles. The number of benzene rings is 6. The van der Waals surface area contributed by atoms with Crippen molar-refractivity contribution in [2.24, 2.45) is 0 Å². The van der Waals surface area contributed by atoms with Gasteiger partial charge in [0, 0.05) is 6.20 Å². The highest BCUT2D eigenvalue weighted by Gasteiger charge is 2.18. The summed E-state index contributed by atoms with van der Waals surface area (Å²) in [5, 5.41) is 16.8. The van der Waals surface area contributed by atoms with Gasteiger partial charge < -0.3 is 0 Å². The normalized spacial score (nSPS) is 11.1. The number of nitriles is 1. The maximum atomic E-state index is 9.35. The lowest BCUT2D eigenvalue weighted by molar-refractivity contribution is 1.26. The summed E-state index contributed by atoms with van der Waals surface area (Å²) in [7, 11) is 0. The van der Waals surface area contributed by atoms with Crippen molar-refractivity contribution in [3.8, 4) is 39.4 Å². The van der Waals surface area contributed by atoms with Gasteiger partial charge in [-0.05, 0) is 83.9 Å². The van der Waals surface area contributed by atoms with Gasteiger partial charge in [0.15, 0.2) is 0 Å². The molecule has 6 aromatic carbocycles. The standard InChI is InChI=1S/C36H22N2/c37-23-28-22-26(19-20-38-28)25-11-7-12-27(21-25)35-31-14-3-5-16-33(31)36(34-17-6-4-15-32(34)35)30-18-8-10-24-9-1-2-13-29(24)30/h1-22H. The van der Waals surface area contributed by atoms with Gasteiger partial charge in [-0.25, -0.2) is 4.98 Å². The highest BCUT2D eigenvalue weighted by molar-refractivity contribution is 6.23. The Balaban J connectivity index is 1.56. The molecule has 0 unspecified atom stereocenters. The zero-order valence-corrected chi connectivity index (χ0v) is 20.6. The van der Waals surface area contributed by atoms with Gasteiger partial charge in [-0.1, -0.05) is 109 Å². The quantitative estimate of drug-likeness (QED) is 0.235. The summed E-state index contributed by atoms with van der Waals surface area (Å²) in [6, 6.07) is 47.2. The van der Waals surface area contributed by atoms with Crippen LogP contribution >= 0.6 is 0 Å². The summed E-state index contributed by atoms with van der Waals surface area (Å²) in [5.41, 5.74) is 7.35. The SMILES string of the molecule is N#Cc1cc(-c2cccc(-c3c4ccccc4c(-c4cccc5ccccc45)c4ccccc34)c2)ccn1. The third kappa shape index (κ3) is 3.53. The van der Waals surface area contributed by atoms with Crippen molar-refractivity contribution in [2.45, 2.75) is 0 Å². The zero-order valence-electron chi connectivity index (χ0n) is 20.6. The number of pyridine rings is 1. The predicted molar refractivity (Wildman–Crippen MR) is 158 cm³/mol. The van der Waals surface area contributed by atoms with Gasteiger partial charge in [-0.15, -0.1) is 0 Å². The molecule has 0 amide bonds. The van der Waals surface area contributed by atoms with Crippen LogP contribution in [0, 0.1) is 11.3 Å². The second kappa shape index (κ2) is 9.00. The van der Waals surface area contributed by atoms with Crippen molar-refractivity contribution in [1.29, 1.82) is 5.26 Å². The molecule has 2 heteroatoms. The molecule has 7 aromatic rings. The van der Waals surface area contributed by atoms with Gasteiger partial charge in [-0.2, -0.15) is 5.26 Å². The van der Waals surface area contributed by atoms with E-state index in [0.29, 0.717) is 5.69 Å². The van der Waals surface area contributed by atoms with Crippen molar-refractivity contribution in [1.82, 2.24) is 4.98 Å². The number of rotatable bonds is 3. The Morgan fingerprint density at radius 2 is 1.03 bits per heavy atom. The first kappa shape index (κ1) is 22.0. The van der Waals surface area contributed by atoms with Crippen molar-refractivity contribution in [3.05, 3.63) is 139 Å². The first-order valence-electron chi connectivity index (χ1n) is 12.7. The summed E-state index contributed by atoms with van der Waals surface area (Å²) >= 11 is 0. The molecule has 1 aromatic heterocycles. The molecule has 176 valence electrons. The van der Waals surface area contributed by atoms with Crippen LogP contribution in [0.3, 0.4) is 0 Å². The van der Waals surface area contributed by atoms with Gasteiger partial charge in [0.2, 0.25) is 0 Å². The van der Waals surface area contributed by atoms with Crippen molar-refractivity contribution < 1.29 is 0 Å². The van der Waals surface area contributed by atoms with Crippen LogP contribution in [0.1, 0.15) is 5.69 Å². The monoisotopic (exact) mass is 482 g/mol. The van der Waals surface area contributed by atoms with E-state index in [4.69, 9.17) is 0 Å². The van der Waals surface area contributed by atoms with E-state index in [1.54, 1.807) is 6.20 Å². The second-order valence-electron chi connectivity index (χ2n) is 9.49. The Labute approximate surface area is 221 Å². The van der Waals surface area contributed by atoms with Crippen LogP contribution in [0.5, 0.6) is 0 Å². The Bertz CT molecular complexity index is 1980. The molecule has 0 radical (unpaired) electrons. The topological polar surface area (TPSA) is 36.7 Å². The van der Waals surface area contributed by atoms with E-state index in [9.17, 15) is 5.26 Å². The maximum absolute atomic E-state index is 9.35. The smallest absolute Gasteiger partial charge is 0.141 e. The summed E-state index contributed by atoms with van der Waals surface area (Å²) < 4.78 is 0. The molecule has 0 saturated carbocycles. The van der Waals surface area contributed by atoms with Crippen LogP contribution in [0.25, 0.3) is 65.7 Å². The molecule has 7 rings (SSSR count). The van der Waals surface area contributed by atoms with Crippen LogP contribution in [-0.2, 0) is 0 Å². The lowest BCUT2D eigenvalue weighted by Crippen LogP contribution is -1.92. The van der Waals surface area contributed by atoms with Gasteiger partial charge in [0.05, 0.1) is 0 Å². The number of fused-ring (bicyclic) bond motifs is 3. The third-order valence-electron chi connectivity index (χ3n) is 7.35. The van der Waals surface area contributed by atoms with Crippen LogP contribution in [0.15, 0.2) is 134 Å². The molecule has 38 heavy (non-hydrogen) atoms. The van der Waals surface area contributed by atoms with E-state index >= 15 is 0 Å².